The average molecular weight is 491 g/mol. The van der Waals surface area contributed by atoms with E-state index in [1.165, 1.54) is 18.0 Å². The highest BCUT2D eigenvalue weighted by molar-refractivity contribution is 7.90. The van der Waals surface area contributed by atoms with E-state index in [0.29, 0.717) is 18.2 Å². The van der Waals surface area contributed by atoms with Crippen molar-refractivity contribution in [1.82, 2.24) is 23.9 Å². The number of carbonyl (C=O) groups excluding carboxylic acids is 1. The molecule has 3 aromatic heterocycles. The molecule has 0 spiro atoms. The molecule has 0 bridgehead atoms. The number of benzene rings is 1. The van der Waals surface area contributed by atoms with Crippen LogP contribution in [-0.4, -0.2) is 33.6 Å². The second-order valence-electron chi connectivity index (χ2n) is 9.48. The number of aryl methyl sites for hydroxylation is 2. The van der Waals surface area contributed by atoms with Crippen LogP contribution >= 0.6 is 0 Å². The Morgan fingerprint density at radius 2 is 2.03 bits per heavy atom. The first kappa shape index (κ1) is 21.8. The molecule has 0 unspecified atom stereocenters. The Labute approximate surface area is 203 Å². The summed E-state index contributed by atoms with van der Waals surface area (Å²) in [5.41, 5.74) is 6.69. The molecule has 0 radical (unpaired) electrons. The third-order valence-electron chi connectivity index (χ3n) is 6.82. The summed E-state index contributed by atoms with van der Waals surface area (Å²) in [6.07, 6.45) is 13.3. The number of aromatic nitrogens is 4. The Morgan fingerprint density at radius 1 is 1.17 bits per heavy atom. The number of nitrogens with one attached hydrogen (secondary N) is 2. The van der Waals surface area contributed by atoms with E-state index in [4.69, 9.17) is 0 Å². The lowest BCUT2D eigenvalue weighted by molar-refractivity contribution is 0.256. The first-order valence-corrected chi connectivity index (χ1v) is 13.3. The van der Waals surface area contributed by atoms with Gasteiger partial charge in [0.2, 0.25) is 0 Å². The zero-order valence-electron chi connectivity index (χ0n) is 19.4. The number of carbonyl (C=O) groups is 1. The number of hydrogen-bond donors (Lipinski definition) is 2. The van der Waals surface area contributed by atoms with Gasteiger partial charge in [-0.05, 0) is 67.7 Å². The number of amides is 2. The van der Waals surface area contributed by atoms with Crippen LogP contribution in [0.2, 0.25) is 0 Å². The van der Waals surface area contributed by atoms with Crippen molar-refractivity contribution < 1.29 is 13.2 Å². The maximum absolute atomic E-state index is 13.0. The SMILES string of the molecule is Cc1cc2c(c(NC(=O)NS(=O)(=O)c3cnn(CC4CC4)c3)c1-c1ccc3cncn3c1)CCC2. The predicted octanol–water partition coefficient (Wildman–Crippen LogP) is 3.92. The van der Waals surface area contributed by atoms with Crippen molar-refractivity contribution in [3.63, 3.8) is 0 Å². The van der Waals surface area contributed by atoms with Crippen molar-refractivity contribution in [1.29, 1.82) is 0 Å². The van der Waals surface area contributed by atoms with Crippen molar-refractivity contribution in [2.45, 2.75) is 50.5 Å². The Hall–Kier alpha value is -3.66. The molecule has 1 aromatic carbocycles. The van der Waals surface area contributed by atoms with Gasteiger partial charge in [0.05, 0.1) is 29.9 Å². The van der Waals surface area contributed by atoms with Crippen LogP contribution in [-0.2, 0) is 29.4 Å². The molecule has 0 atom stereocenters. The fourth-order valence-corrected chi connectivity index (χ4v) is 5.80. The van der Waals surface area contributed by atoms with Crippen LogP contribution in [0.25, 0.3) is 16.6 Å². The number of imidazole rings is 1. The highest BCUT2D eigenvalue weighted by Crippen LogP contribution is 2.40. The van der Waals surface area contributed by atoms with E-state index in [9.17, 15) is 13.2 Å². The summed E-state index contributed by atoms with van der Waals surface area (Å²) in [4.78, 5) is 17.2. The summed E-state index contributed by atoms with van der Waals surface area (Å²) >= 11 is 0. The molecule has 9 nitrogen and oxygen atoms in total. The van der Waals surface area contributed by atoms with Gasteiger partial charge in [-0.2, -0.15) is 5.10 Å². The van der Waals surface area contributed by atoms with Crippen molar-refractivity contribution in [3.8, 4) is 11.1 Å². The molecule has 1 fully saturated rings. The molecule has 2 amide bonds. The van der Waals surface area contributed by atoms with Crippen LogP contribution in [0.5, 0.6) is 0 Å². The summed E-state index contributed by atoms with van der Waals surface area (Å²) in [5, 5.41) is 7.03. The number of rotatable bonds is 6. The van der Waals surface area contributed by atoms with Crippen LogP contribution < -0.4 is 10.0 Å². The minimum absolute atomic E-state index is 0.0199. The fourth-order valence-electron chi connectivity index (χ4n) is 4.94. The van der Waals surface area contributed by atoms with Gasteiger partial charge in [-0.3, -0.25) is 4.68 Å². The maximum Gasteiger partial charge on any atom is 0.333 e. The van der Waals surface area contributed by atoms with Gasteiger partial charge in [-0.15, -0.1) is 0 Å². The average Bonchev–Trinajstić information content (AvgIpc) is 3.20. The van der Waals surface area contributed by atoms with Crippen LogP contribution in [0.4, 0.5) is 10.5 Å². The summed E-state index contributed by atoms with van der Waals surface area (Å²) in [6.45, 7) is 2.71. The van der Waals surface area contributed by atoms with Crippen LogP contribution in [0.1, 0.15) is 36.0 Å². The maximum atomic E-state index is 13.0. The smallest absolute Gasteiger partial charge is 0.306 e. The number of anilines is 1. The zero-order chi connectivity index (χ0) is 24.2. The predicted molar refractivity (Wildman–Crippen MR) is 132 cm³/mol. The number of hydrogen-bond acceptors (Lipinski definition) is 5. The molecule has 35 heavy (non-hydrogen) atoms. The molecule has 0 saturated heterocycles. The summed E-state index contributed by atoms with van der Waals surface area (Å²) in [6, 6.07) is 5.35. The minimum Gasteiger partial charge on any atom is -0.306 e. The lowest BCUT2D eigenvalue weighted by Gasteiger charge is -2.19. The van der Waals surface area contributed by atoms with Gasteiger partial charge in [0.25, 0.3) is 10.0 Å². The van der Waals surface area contributed by atoms with Gasteiger partial charge < -0.3 is 9.72 Å². The molecule has 2 aliphatic carbocycles. The summed E-state index contributed by atoms with van der Waals surface area (Å²) in [7, 11) is -4.05. The monoisotopic (exact) mass is 490 g/mol. The van der Waals surface area contributed by atoms with Gasteiger partial charge in [-0.25, -0.2) is 22.9 Å². The lowest BCUT2D eigenvalue weighted by Crippen LogP contribution is -2.34. The largest absolute Gasteiger partial charge is 0.333 e. The third kappa shape index (κ3) is 4.18. The lowest BCUT2D eigenvalue weighted by atomic mass is 9.93. The standard InChI is InChI=1S/C25H26N6O3S/c1-16-9-18-3-2-4-22(18)24(23(16)19-7-8-20-10-26-15-30(20)13-19)28-25(32)29-35(33,34)21-11-27-31(14-21)12-17-5-6-17/h7-11,13-15,17H,2-6,12H2,1H3,(H2,28,29,32). The second-order valence-corrected chi connectivity index (χ2v) is 11.2. The van der Waals surface area contributed by atoms with Crippen LogP contribution in [0.3, 0.4) is 0 Å². The molecule has 2 aliphatic rings. The molecule has 4 aromatic rings. The number of fused-ring (bicyclic) bond motifs is 2. The molecule has 0 aliphatic heterocycles. The fraction of sp³-hybridized carbons (Fsp3) is 0.320. The van der Waals surface area contributed by atoms with Gasteiger partial charge in [0.15, 0.2) is 0 Å². The van der Waals surface area contributed by atoms with E-state index in [0.717, 1.165) is 59.9 Å². The first-order valence-electron chi connectivity index (χ1n) is 11.8. The Balaban J connectivity index is 1.32. The summed E-state index contributed by atoms with van der Waals surface area (Å²) < 4.78 is 31.5. The molecule has 10 heteroatoms. The van der Waals surface area contributed by atoms with E-state index in [1.807, 2.05) is 29.7 Å². The number of pyridine rings is 1. The van der Waals surface area contributed by atoms with Gasteiger partial charge in [-0.1, -0.05) is 12.1 Å². The van der Waals surface area contributed by atoms with Crippen molar-refractivity contribution in [2.75, 3.05) is 5.32 Å². The molecule has 6 rings (SSSR count). The normalized spacial score (nSPS) is 15.3. The second kappa shape index (κ2) is 8.23. The molecule has 1 saturated carbocycles. The first-order chi connectivity index (χ1) is 16.9. The number of nitrogens with zero attached hydrogens (tertiary/aromatic N) is 4. The molecule has 180 valence electrons. The highest BCUT2D eigenvalue weighted by Gasteiger charge is 2.26. The van der Waals surface area contributed by atoms with Crippen molar-refractivity contribution >= 4 is 27.3 Å². The van der Waals surface area contributed by atoms with E-state index in [1.54, 1.807) is 17.2 Å². The van der Waals surface area contributed by atoms with E-state index < -0.39 is 16.1 Å². The van der Waals surface area contributed by atoms with Crippen molar-refractivity contribution in [3.05, 3.63) is 66.0 Å². The van der Waals surface area contributed by atoms with Gasteiger partial charge in [0.1, 0.15) is 4.90 Å². The zero-order valence-corrected chi connectivity index (χ0v) is 20.2. The van der Waals surface area contributed by atoms with Crippen molar-refractivity contribution in [2.24, 2.45) is 5.92 Å². The third-order valence-corrected chi connectivity index (χ3v) is 8.11. The quantitative estimate of drug-likeness (QED) is 0.426. The van der Waals surface area contributed by atoms with E-state index in [-0.39, 0.29) is 4.90 Å². The highest BCUT2D eigenvalue weighted by atomic mass is 32.2. The summed E-state index contributed by atoms with van der Waals surface area (Å²) in [5.74, 6) is 0.560. The van der Waals surface area contributed by atoms with E-state index >= 15 is 0 Å². The minimum atomic E-state index is -4.05. The van der Waals surface area contributed by atoms with Crippen LogP contribution in [0.15, 0.2) is 54.2 Å². The van der Waals surface area contributed by atoms with Gasteiger partial charge >= 0.3 is 6.03 Å². The Kier molecular flexibility index (Phi) is 5.14. The number of urea groups is 1. The Bertz CT molecular complexity index is 1570. The Morgan fingerprint density at radius 3 is 2.86 bits per heavy atom. The molecule has 2 N–H and O–H groups in total. The molecular formula is C25H26N6O3S. The van der Waals surface area contributed by atoms with E-state index in [2.05, 4.69) is 26.2 Å². The van der Waals surface area contributed by atoms with Crippen LogP contribution in [0, 0.1) is 12.8 Å². The number of sulfonamides is 1. The molecule has 3 heterocycles. The topological polar surface area (TPSA) is 110 Å². The van der Waals surface area contributed by atoms with Gasteiger partial charge in [0, 0.05) is 30.1 Å². The molecular weight excluding hydrogens is 464 g/mol.